The van der Waals surface area contributed by atoms with Gasteiger partial charge in [-0.3, -0.25) is 4.90 Å². The van der Waals surface area contributed by atoms with Gasteiger partial charge in [-0.15, -0.1) is 0 Å². The fourth-order valence-corrected chi connectivity index (χ4v) is 5.53. The summed E-state index contributed by atoms with van der Waals surface area (Å²) in [5, 5.41) is 2.86. The Morgan fingerprint density at radius 3 is 2.55 bits per heavy atom. The van der Waals surface area contributed by atoms with Crippen molar-refractivity contribution in [1.82, 2.24) is 10.2 Å². The summed E-state index contributed by atoms with van der Waals surface area (Å²) in [4.78, 5) is 13.4. The third-order valence-corrected chi connectivity index (χ3v) is 7.10. The Labute approximate surface area is 181 Å². The molecule has 1 amide bonds. The highest BCUT2D eigenvalue weighted by Gasteiger charge is 2.50. The molecule has 0 unspecified atom stereocenters. The lowest BCUT2D eigenvalue weighted by Crippen LogP contribution is -2.69. The average Bonchev–Trinajstić information content (AvgIpc) is 2.73. The summed E-state index contributed by atoms with van der Waals surface area (Å²) in [6, 6.07) is 9.92. The number of benzene rings is 1. The highest BCUT2D eigenvalue weighted by atomic mass is 19.4. The number of carbonyl (C=O) groups is 1. The summed E-state index contributed by atoms with van der Waals surface area (Å²) >= 11 is 0. The van der Waals surface area contributed by atoms with Gasteiger partial charge in [-0.25, -0.2) is 4.79 Å². The molecular weight excluding hydrogens is 409 g/mol. The molecule has 1 aromatic carbocycles. The minimum absolute atomic E-state index is 0.0437. The molecule has 2 atom stereocenters. The van der Waals surface area contributed by atoms with Crippen LogP contribution in [-0.4, -0.2) is 61.2 Å². The van der Waals surface area contributed by atoms with Crippen molar-refractivity contribution < 1.29 is 27.4 Å². The summed E-state index contributed by atoms with van der Waals surface area (Å²) in [6.45, 7) is -0.214. The van der Waals surface area contributed by atoms with Gasteiger partial charge in [0.1, 0.15) is 0 Å². The molecule has 5 nitrogen and oxygen atoms in total. The number of hydrogen-bond donors (Lipinski definition) is 1. The SMILES string of the molecule is O=C1N[C@@]2(CCCN(CC(F)(F)F)[C@@H]2COC2CCC(c3ccccc3)CC2)CCO1. The van der Waals surface area contributed by atoms with Crippen molar-refractivity contribution in [1.29, 1.82) is 0 Å². The molecule has 8 heteroatoms. The molecule has 0 radical (unpaired) electrons. The zero-order chi connectivity index (χ0) is 21.9. The molecule has 1 aromatic rings. The predicted octanol–water partition coefficient (Wildman–Crippen LogP) is 4.62. The summed E-state index contributed by atoms with van der Waals surface area (Å²) in [5.41, 5.74) is 0.619. The van der Waals surface area contributed by atoms with Crippen LogP contribution < -0.4 is 5.32 Å². The van der Waals surface area contributed by atoms with E-state index in [4.69, 9.17) is 9.47 Å². The number of cyclic esters (lactones) is 1. The minimum atomic E-state index is -4.29. The molecule has 172 valence electrons. The van der Waals surface area contributed by atoms with Crippen LogP contribution in [0, 0.1) is 0 Å². The zero-order valence-corrected chi connectivity index (χ0v) is 17.7. The van der Waals surface area contributed by atoms with Gasteiger partial charge in [0, 0.05) is 6.42 Å². The highest BCUT2D eigenvalue weighted by Crippen LogP contribution is 2.37. The standard InChI is InChI=1S/C23H31F3N2O3/c24-23(25,26)16-28-13-4-11-22(12-14-30-21(29)27-22)20(28)15-31-19-9-7-18(8-10-19)17-5-2-1-3-6-17/h1-3,5-6,18-20H,4,7-16H2,(H,27,29)/t18?,19?,20-,22+/m1/s1. The maximum atomic E-state index is 13.3. The second-order valence-electron chi connectivity index (χ2n) is 9.09. The number of hydrogen-bond acceptors (Lipinski definition) is 4. The Balaban J connectivity index is 1.40. The third-order valence-electron chi connectivity index (χ3n) is 7.10. The molecule has 0 bridgehead atoms. The van der Waals surface area contributed by atoms with Gasteiger partial charge < -0.3 is 14.8 Å². The van der Waals surface area contributed by atoms with E-state index in [1.165, 1.54) is 10.5 Å². The number of amides is 1. The monoisotopic (exact) mass is 440 g/mol. The van der Waals surface area contributed by atoms with Crippen molar-refractivity contribution >= 4 is 6.09 Å². The molecule has 2 aliphatic heterocycles. The number of nitrogens with zero attached hydrogens (tertiary/aromatic N) is 1. The summed E-state index contributed by atoms with van der Waals surface area (Å²) in [5.74, 6) is 0.513. The number of ether oxygens (including phenoxy) is 2. The van der Waals surface area contributed by atoms with Crippen LogP contribution in [0.2, 0.25) is 0 Å². The first kappa shape index (κ1) is 22.4. The number of alkyl halides is 3. The van der Waals surface area contributed by atoms with Crippen molar-refractivity contribution in [3.8, 4) is 0 Å². The van der Waals surface area contributed by atoms with Crippen molar-refractivity contribution in [2.75, 3.05) is 26.3 Å². The molecule has 2 heterocycles. The number of alkyl carbamates (subject to hydrolysis) is 1. The molecule has 1 spiro atoms. The van der Waals surface area contributed by atoms with E-state index < -0.39 is 30.4 Å². The van der Waals surface area contributed by atoms with Gasteiger partial charge in [0.2, 0.25) is 0 Å². The van der Waals surface area contributed by atoms with Gasteiger partial charge in [-0.1, -0.05) is 30.3 Å². The molecule has 0 aromatic heterocycles. The van der Waals surface area contributed by atoms with Crippen LogP contribution in [0.5, 0.6) is 0 Å². The van der Waals surface area contributed by atoms with E-state index in [0.717, 1.165) is 25.7 Å². The Hall–Kier alpha value is -1.80. The second kappa shape index (κ2) is 9.36. The Kier molecular flexibility index (Phi) is 6.77. The number of rotatable bonds is 5. The lowest BCUT2D eigenvalue weighted by molar-refractivity contribution is -0.167. The Morgan fingerprint density at radius 2 is 1.87 bits per heavy atom. The first-order valence-corrected chi connectivity index (χ1v) is 11.3. The summed E-state index contributed by atoms with van der Waals surface area (Å²) in [6.07, 6.45) is 0.780. The van der Waals surface area contributed by atoms with Gasteiger partial charge in [0.15, 0.2) is 0 Å². The van der Waals surface area contributed by atoms with Crippen LogP contribution in [0.25, 0.3) is 0 Å². The molecule has 3 aliphatic rings. The maximum absolute atomic E-state index is 13.3. The fraction of sp³-hybridized carbons (Fsp3) is 0.696. The molecule has 1 aliphatic carbocycles. The van der Waals surface area contributed by atoms with E-state index in [1.807, 2.05) is 6.07 Å². The lowest BCUT2D eigenvalue weighted by atomic mass is 9.78. The fourth-order valence-electron chi connectivity index (χ4n) is 5.53. The first-order chi connectivity index (χ1) is 14.8. The smallest absolute Gasteiger partial charge is 0.407 e. The minimum Gasteiger partial charge on any atom is -0.449 e. The molecular formula is C23H31F3N2O3. The predicted molar refractivity (Wildman–Crippen MR) is 110 cm³/mol. The highest BCUT2D eigenvalue weighted by molar-refractivity contribution is 5.69. The van der Waals surface area contributed by atoms with E-state index in [-0.39, 0.29) is 19.3 Å². The Bertz CT molecular complexity index is 733. The maximum Gasteiger partial charge on any atom is 0.407 e. The van der Waals surface area contributed by atoms with Crippen LogP contribution in [0.15, 0.2) is 30.3 Å². The quantitative estimate of drug-likeness (QED) is 0.726. The largest absolute Gasteiger partial charge is 0.449 e. The van der Waals surface area contributed by atoms with Gasteiger partial charge >= 0.3 is 12.3 Å². The van der Waals surface area contributed by atoms with E-state index in [9.17, 15) is 18.0 Å². The van der Waals surface area contributed by atoms with Gasteiger partial charge in [-0.2, -0.15) is 13.2 Å². The second-order valence-corrected chi connectivity index (χ2v) is 9.09. The molecule has 4 rings (SSSR count). The number of halogens is 3. The van der Waals surface area contributed by atoms with E-state index in [0.29, 0.717) is 31.7 Å². The molecule has 31 heavy (non-hydrogen) atoms. The van der Waals surface area contributed by atoms with Crippen molar-refractivity contribution in [2.45, 2.75) is 74.7 Å². The van der Waals surface area contributed by atoms with Crippen LogP contribution in [-0.2, 0) is 9.47 Å². The zero-order valence-electron chi connectivity index (χ0n) is 17.7. The van der Waals surface area contributed by atoms with Crippen molar-refractivity contribution in [3.63, 3.8) is 0 Å². The van der Waals surface area contributed by atoms with Crippen LogP contribution >= 0.6 is 0 Å². The van der Waals surface area contributed by atoms with Crippen LogP contribution in [0.4, 0.5) is 18.0 Å². The number of carbonyl (C=O) groups excluding carboxylic acids is 1. The molecule has 1 N–H and O–H groups in total. The van der Waals surface area contributed by atoms with E-state index >= 15 is 0 Å². The Morgan fingerprint density at radius 1 is 1.13 bits per heavy atom. The molecule has 1 saturated carbocycles. The average molecular weight is 441 g/mol. The molecule has 2 saturated heterocycles. The number of nitrogens with one attached hydrogen (secondary N) is 1. The van der Waals surface area contributed by atoms with Crippen molar-refractivity contribution in [2.24, 2.45) is 0 Å². The lowest BCUT2D eigenvalue weighted by Gasteiger charge is -2.51. The third kappa shape index (κ3) is 5.52. The topological polar surface area (TPSA) is 50.8 Å². The number of piperidine rings is 1. The number of likely N-dealkylation sites (tertiary alicyclic amines) is 1. The van der Waals surface area contributed by atoms with Crippen molar-refractivity contribution in [3.05, 3.63) is 35.9 Å². The normalized spacial score (nSPS) is 32.5. The summed E-state index contributed by atoms with van der Waals surface area (Å²) in [7, 11) is 0. The summed E-state index contributed by atoms with van der Waals surface area (Å²) < 4.78 is 51.0. The van der Waals surface area contributed by atoms with Gasteiger partial charge in [-0.05, 0) is 56.6 Å². The first-order valence-electron chi connectivity index (χ1n) is 11.3. The van der Waals surface area contributed by atoms with Gasteiger partial charge in [0.25, 0.3) is 0 Å². The van der Waals surface area contributed by atoms with E-state index in [2.05, 4.69) is 29.6 Å². The van der Waals surface area contributed by atoms with Crippen LogP contribution in [0.3, 0.4) is 0 Å². The van der Waals surface area contributed by atoms with E-state index in [1.54, 1.807) is 0 Å². The van der Waals surface area contributed by atoms with Gasteiger partial charge in [0.05, 0.1) is 37.4 Å². The van der Waals surface area contributed by atoms with Crippen LogP contribution in [0.1, 0.15) is 56.4 Å². The molecule has 3 fully saturated rings.